The van der Waals surface area contributed by atoms with Gasteiger partial charge >= 0.3 is 12.3 Å². The predicted molar refractivity (Wildman–Crippen MR) is 90.6 cm³/mol. The standard InChI is InChI=1S/C19H17F5O5/c1-3-26-17(10-27-11(2)25)18-15(20)8-14(9-16(18)21)28-12-5-4-6-13(7-12)29-19(22,23)24/h4-9,17H,3,10H2,1-2H3. The molecule has 0 saturated carbocycles. The van der Waals surface area contributed by atoms with Gasteiger partial charge in [-0.1, -0.05) is 6.07 Å². The molecule has 2 aromatic carbocycles. The van der Waals surface area contributed by atoms with Crippen LogP contribution in [0.2, 0.25) is 0 Å². The molecular weight excluding hydrogens is 403 g/mol. The number of benzene rings is 2. The molecule has 0 spiro atoms. The van der Waals surface area contributed by atoms with Crippen molar-refractivity contribution in [2.75, 3.05) is 13.2 Å². The van der Waals surface area contributed by atoms with Crippen LogP contribution in [0.3, 0.4) is 0 Å². The van der Waals surface area contributed by atoms with Crippen molar-refractivity contribution in [3.05, 3.63) is 53.6 Å². The molecule has 0 N–H and O–H groups in total. The average molecular weight is 420 g/mol. The zero-order valence-corrected chi connectivity index (χ0v) is 15.4. The average Bonchev–Trinajstić information content (AvgIpc) is 2.57. The minimum Gasteiger partial charge on any atom is -0.463 e. The summed E-state index contributed by atoms with van der Waals surface area (Å²) in [5, 5.41) is 0. The van der Waals surface area contributed by atoms with Crippen molar-refractivity contribution in [3.8, 4) is 17.2 Å². The Morgan fingerprint density at radius 2 is 1.66 bits per heavy atom. The lowest BCUT2D eigenvalue weighted by atomic mass is 10.1. The molecule has 2 rings (SSSR count). The maximum Gasteiger partial charge on any atom is 0.573 e. The lowest BCUT2D eigenvalue weighted by Crippen LogP contribution is -2.17. The molecular formula is C19H17F5O5. The van der Waals surface area contributed by atoms with E-state index in [1.165, 1.54) is 12.1 Å². The second-order valence-corrected chi connectivity index (χ2v) is 5.67. The summed E-state index contributed by atoms with van der Waals surface area (Å²) in [7, 11) is 0. The van der Waals surface area contributed by atoms with E-state index in [0.717, 1.165) is 31.2 Å². The summed E-state index contributed by atoms with van der Waals surface area (Å²) in [4.78, 5) is 11.0. The fourth-order valence-corrected chi connectivity index (χ4v) is 2.41. The van der Waals surface area contributed by atoms with Crippen molar-refractivity contribution in [2.45, 2.75) is 26.3 Å². The number of alkyl halides is 3. The highest BCUT2D eigenvalue weighted by Gasteiger charge is 2.31. The van der Waals surface area contributed by atoms with Crippen LogP contribution in [0.4, 0.5) is 22.0 Å². The number of carbonyl (C=O) groups is 1. The Kier molecular flexibility index (Phi) is 7.38. The number of hydrogen-bond acceptors (Lipinski definition) is 5. The van der Waals surface area contributed by atoms with Crippen LogP contribution in [-0.2, 0) is 14.3 Å². The summed E-state index contributed by atoms with van der Waals surface area (Å²) >= 11 is 0. The largest absolute Gasteiger partial charge is 0.573 e. The zero-order valence-electron chi connectivity index (χ0n) is 15.4. The first-order chi connectivity index (χ1) is 13.6. The molecule has 0 heterocycles. The summed E-state index contributed by atoms with van der Waals surface area (Å²) in [5.41, 5.74) is -0.463. The van der Waals surface area contributed by atoms with Gasteiger partial charge in [-0.15, -0.1) is 13.2 Å². The van der Waals surface area contributed by atoms with E-state index in [0.29, 0.717) is 0 Å². The van der Waals surface area contributed by atoms with E-state index < -0.39 is 48.0 Å². The first kappa shape index (κ1) is 22.4. The molecule has 2 aromatic rings. The van der Waals surface area contributed by atoms with Crippen LogP contribution < -0.4 is 9.47 Å². The van der Waals surface area contributed by atoms with Crippen LogP contribution in [0.15, 0.2) is 36.4 Å². The zero-order chi connectivity index (χ0) is 21.6. The monoisotopic (exact) mass is 420 g/mol. The van der Waals surface area contributed by atoms with Gasteiger partial charge in [0.05, 0.1) is 5.56 Å². The highest BCUT2D eigenvalue weighted by Crippen LogP contribution is 2.32. The molecule has 0 radical (unpaired) electrons. The van der Waals surface area contributed by atoms with Crippen molar-refractivity contribution in [2.24, 2.45) is 0 Å². The van der Waals surface area contributed by atoms with Crippen molar-refractivity contribution in [1.82, 2.24) is 0 Å². The summed E-state index contributed by atoms with van der Waals surface area (Å²) < 4.78 is 84.9. The normalized spacial score (nSPS) is 12.4. The molecule has 29 heavy (non-hydrogen) atoms. The fourth-order valence-electron chi connectivity index (χ4n) is 2.41. The van der Waals surface area contributed by atoms with E-state index in [-0.39, 0.29) is 18.1 Å². The first-order valence-electron chi connectivity index (χ1n) is 8.36. The lowest BCUT2D eigenvalue weighted by Gasteiger charge is -2.19. The molecule has 5 nitrogen and oxygen atoms in total. The van der Waals surface area contributed by atoms with Gasteiger partial charge in [0.25, 0.3) is 0 Å². The third-order valence-corrected chi connectivity index (χ3v) is 3.46. The maximum absolute atomic E-state index is 14.5. The van der Waals surface area contributed by atoms with Crippen LogP contribution in [0, 0.1) is 11.6 Å². The van der Waals surface area contributed by atoms with Crippen LogP contribution >= 0.6 is 0 Å². The summed E-state index contributed by atoms with van der Waals surface area (Å²) in [5.74, 6) is -3.68. The second kappa shape index (κ2) is 9.55. The number of rotatable bonds is 8. The lowest BCUT2D eigenvalue weighted by molar-refractivity contribution is -0.274. The maximum atomic E-state index is 14.5. The van der Waals surface area contributed by atoms with Crippen LogP contribution in [0.5, 0.6) is 17.2 Å². The van der Waals surface area contributed by atoms with Gasteiger partial charge in [-0.3, -0.25) is 4.79 Å². The molecule has 0 bridgehead atoms. The number of hydrogen-bond donors (Lipinski definition) is 0. The van der Waals surface area contributed by atoms with E-state index in [4.69, 9.17) is 14.2 Å². The van der Waals surface area contributed by atoms with Crippen molar-refractivity contribution >= 4 is 5.97 Å². The first-order valence-corrected chi connectivity index (χ1v) is 8.36. The van der Waals surface area contributed by atoms with Crippen LogP contribution in [0.25, 0.3) is 0 Å². The topological polar surface area (TPSA) is 54.0 Å². The molecule has 0 aliphatic rings. The molecule has 0 aliphatic heterocycles. The molecule has 10 heteroatoms. The van der Waals surface area contributed by atoms with Gasteiger partial charge in [0, 0.05) is 31.7 Å². The van der Waals surface area contributed by atoms with Crippen molar-refractivity contribution < 1.29 is 45.7 Å². The van der Waals surface area contributed by atoms with Gasteiger partial charge in [-0.25, -0.2) is 8.78 Å². The second-order valence-electron chi connectivity index (χ2n) is 5.67. The fraction of sp³-hybridized carbons (Fsp3) is 0.316. The number of esters is 1. The number of halogens is 5. The minimum atomic E-state index is -4.89. The van der Waals surface area contributed by atoms with Crippen molar-refractivity contribution in [1.29, 1.82) is 0 Å². The summed E-state index contributed by atoms with van der Waals surface area (Å²) in [6.07, 6.45) is -6.07. The van der Waals surface area contributed by atoms with E-state index >= 15 is 0 Å². The van der Waals surface area contributed by atoms with E-state index in [2.05, 4.69) is 4.74 Å². The van der Waals surface area contributed by atoms with E-state index in [1.54, 1.807) is 6.92 Å². The van der Waals surface area contributed by atoms with Crippen molar-refractivity contribution in [3.63, 3.8) is 0 Å². The van der Waals surface area contributed by atoms with Crippen LogP contribution in [0.1, 0.15) is 25.5 Å². The summed E-state index contributed by atoms with van der Waals surface area (Å²) in [6, 6.07) is 6.16. The Labute approximate surface area is 162 Å². The smallest absolute Gasteiger partial charge is 0.463 e. The highest BCUT2D eigenvalue weighted by atomic mass is 19.4. The van der Waals surface area contributed by atoms with E-state index in [1.807, 2.05) is 0 Å². The van der Waals surface area contributed by atoms with Gasteiger partial charge in [-0.2, -0.15) is 0 Å². The predicted octanol–water partition coefficient (Wildman–Crippen LogP) is 5.30. The minimum absolute atomic E-state index is 0.106. The summed E-state index contributed by atoms with van der Waals surface area (Å²) in [6.45, 7) is 2.45. The third kappa shape index (κ3) is 6.90. The molecule has 0 aromatic heterocycles. The van der Waals surface area contributed by atoms with Gasteiger partial charge in [0.15, 0.2) is 0 Å². The third-order valence-electron chi connectivity index (χ3n) is 3.46. The Balaban J connectivity index is 2.24. The van der Waals surface area contributed by atoms with Gasteiger partial charge < -0.3 is 18.9 Å². The molecule has 0 amide bonds. The molecule has 1 unspecified atom stereocenters. The molecule has 1 atom stereocenters. The van der Waals surface area contributed by atoms with E-state index in [9.17, 15) is 26.7 Å². The highest BCUT2D eigenvalue weighted by molar-refractivity contribution is 5.65. The molecule has 158 valence electrons. The van der Waals surface area contributed by atoms with Crippen LogP contribution in [-0.4, -0.2) is 25.5 Å². The molecule has 0 saturated heterocycles. The van der Waals surface area contributed by atoms with Gasteiger partial charge in [-0.05, 0) is 19.1 Å². The Morgan fingerprint density at radius 3 is 2.21 bits per heavy atom. The SMILES string of the molecule is CCOC(COC(C)=O)c1c(F)cc(Oc2cccc(OC(F)(F)F)c2)cc1F. The Hall–Kier alpha value is -2.88. The Morgan fingerprint density at radius 1 is 1.03 bits per heavy atom. The van der Waals surface area contributed by atoms with Gasteiger partial charge in [0.1, 0.15) is 41.6 Å². The number of ether oxygens (including phenoxy) is 4. The quantitative estimate of drug-likeness (QED) is 0.429. The number of carbonyl (C=O) groups excluding carboxylic acids is 1. The van der Waals surface area contributed by atoms with Gasteiger partial charge in [0.2, 0.25) is 0 Å². The molecule has 0 fully saturated rings. The Bertz CT molecular complexity index is 830. The molecule has 0 aliphatic carbocycles.